The van der Waals surface area contributed by atoms with Crippen molar-refractivity contribution >= 4 is 50.4 Å². The second-order valence-electron chi connectivity index (χ2n) is 15.6. The van der Waals surface area contributed by atoms with Crippen LogP contribution in [-0.2, 0) is 20.4 Å². The standard InChI is InChI=1S/C49H59N4O2/c1-9-50(10-2)44(54)32-34-52-40-30-28-36-22-18-20-24-38(36)46(40)48(5,6)42(52)26-16-14-13-15-17-27-43-49(7,8)47-39-25-21-19-23-37(39)29-31-41(47)53(43)35-33-45(55)51(11-3)12-4/h13-31H,9-12,32-35H2,1-8H3/q+1. The van der Waals surface area contributed by atoms with E-state index in [2.05, 4.69) is 152 Å². The van der Waals surface area contributed by atoms with Crippen molar-refractivity contribution in [3.8, 4) is 0 Å². The fourth-order valence-electron chi connectivity index (χ4n) is 8.92. The van der Waals surface area contributed by atoms with Gasteiger partial charge in [-0.05, 0) is 86.9 Å². The number of fused-ring (bicyclic) bond motifs is 6. The third kappa shape index (κ3) is 7.56. The molecule has 4 aromatic rings. The minimum Gasteiger partial charge on any atom is -0.343 e. The summed E-state index contributed by atoms with van der Waals surface area (Å²) in [5.41, 5.74) is 6.87. The van der Waals surface area contributed by atoms with Crippen molar-refractivity contribution in [1.82, 2.24) is 9.80 Å². The topological polar surface area (TPSA) is 46.9 Å². The molecule has 0 unspecified atom stereocenters. The van der Waals surface area contributed by atoms with Gasteiger partial charge in [0.15, 0.2) is 12.3 Å². The second kappa shape index (κ2) is 16.6. The molecule has 0 aliphatic carbocycles. The smallest absolute Gasteiger partial charge is 0.228 e. The van der Waals surface area contributed by atoms with Crippen molar-refractivity contribution in [3.05, 3.63) is 132 Å². The molecular formula is C49H59N4O2+. The molecule has 286 valence electrons. The van der Waals surface area contributed by atoms with Crippen LogP contribution in [0, 0.1) is 0 Å². The van der Waals surface area contributed by atoms with Gasteiger partial charge in [0.1, 0.15) is 0 Å². The van der Waals surface area contributed by atoms with Gasteiger partial charge in [0.05, 0.1) is 11.8 Å². The summed E-state index contributed by atoms with van der Waals surface area (Å²) in [6.45, 7) is 21.5. The maximum absolute atomic E-state index is 13.1. The molecule has 2 aliphatic rings. The van der Waals surface area contributed by atoms with Crippen molar-refractivity contribution in [2.75, 3.05) is 44.2 Å². The highest BCUT2D eigenvalue weighted by atomic mass is 16.2. The molecule has 55 heavy (non-hydrogen) atoms. The molecule has 0 fully saturated rings. The van der Waals surface area contributed by atoms with E-state index in [1.807, 2.05) is 37.5 Å². The highest BCUT2D eigenvalue weighted by Gasteiger charge is 2.45. The van der Waals surface area contributed by atoms with Gasteiger partial charge in [0.2, 0.25) is 17.5 Å². The van der Waals surface area contributed by atoms with Crippen LogP contribution in [0.2, 0.25) is 0 Å². The van der Waals surface area contributed by atoms with E-state index in [0.717, 1.165) is 26.2 Å². The molecule has 4 aromatic carbocycles. The van der Waals surface area contributed by atoms with Crippen molar-refractivity contribution in [2.45, 2.75) is 79.1 Å². The highest BCUT2D eigenvalue weighted by molar-refractivity contribution is 6.07. The number of anilines is 1. The maximum Gasteiger partial charge on any atom is 0.228 e. The van der Waals surface area contributed by atoms with E-state index in [4.69, 9.17) is 0 Å². The Morgan fingerprint density at radius 1 is 0.636 bits per heavy atom. The quantitative estimate of drug-likeness (QED) is 0.0957. The maximum atomic E-state index is 13.1. The number of amides is 2. The Balaban J connectivity index is 1.28. The van der Waals surface area contributed by atoms with Gasteiger partial charge in [0, 0.05) is 73.6 Å². The van der Waals surface area contributed by atoms with E-state index in [1.165, 1.54) is 55.5 Å². The van der Waals surface area contributed by atoms with Crippen LogP contribution in [0.15, 0.2) is 121 Å². The minimum atomic E-state index is -0.248. The molecular weight excluding hydrogens is 677 g/mol. The van der Waals surface area contributed by atoms with E-state index in [9.17, 15) is 9.59 Å². The van der Waals surface area contributed by atoms with Gasteiger partial charge in [0.25, 0.3) is 0 Å². The summed E-state index contributed by atoms with van der Waals surface area (Å²) in [6, 6.07) is 26.1. The van der Waals surface area contributed by atoms with Crippen LogP contribution < -0.4 is 4.90 Å². The number of carbonyl (C=O) groups is 2. The largest absolute Gasteiger partial charge is 0.343 e. The number of allylic oxidation sites excluding steroid dienone is 8. The zero-order chi connectivity index (χ0) is 39.3. The molecule has 0 spiro atoms. The Hall–Kier alpha value is -5.23. The first-order valence-electron chi connectivity index (χ1n) is 20.2. The lowest BCUT2D eigenvalue weighted by molar-refractivity contribution is -0.436. The molecule has 6 nitrogen and oxygen atoms in total. The first-order valence-corrected chi connectivity index (χ1v) is 20.2. The lowest BCUT2D eigenvalue weighted by Gasteiger charge is -2.28. The van der Waals surface area contributed by atoms with Gasteiger partial charge in [-0.15, -0.1) is 0 Å². The molecule has 0 atom stereocenters. The van der Waals surface area contributed by atoms with E-state index in [1.54, 1.807) is 0 Å². The van der Waals surface area contributed by atoms with Crippen molar-refractivity contribution in [2.24, 2.45) is 0 Å². The molecule has 2 aliphatic heterocycles. The Morgan fingerprint density at radius 2 is 1.18 bits per heavy atom. The molecule has 6 heteroatoms. The molecule has 0 saturated heterocycles. The lowest BCUT2D eigenvalue weighted by atomic mass is 9.79. The first kappa shape index (κ1) is 39.5. The monoisotopic (exact) mass is 735 g/mol. The minimum absolute atomic E-state index is 0.190. The third-order valence-electron chi connectivity index (χ3n) is 11.8. The predicted molar refractivity (Wildman–Crippen MR) is 232 cm³/mol. The zero-order valence-electron chi connectivity index (χ0n) is 34.2. The molecule has 6 rings (SSSR count). The molecule has 0 bridgehead atoms. The number of benzene rings is 4. The van der Waals surface area contributed by atoms with Crippen LogP contribution in [0.25, 0.3) is 21.5 Å². The van der Waals surface area contributed by atoms with Crippen LogP contribution in [-0.4, -0.2) is 71.2 Å². The summed E-state index contributed by atoms with van der Waals surface area (Å²) < 4.78 is 2.36. The molecule has 0 radical (unpaired) electrons. The summed E-state index contributed by atoms with van der Waals surface area (Å²) in [5, 5.41) is 4.98. The van der Waals surface area contributed by atoms with Gasteiger partial charge in [-0.2, -0.15) is 4.58 Å². The number of hydrogen-bond donors (Lipinski definition) is 0. The fourth-order valence-corrected chi connectivity index (χ4v) is 8.92. The molecule has 2 amide bonds. The Labute approximate surface area is 328 Å². The predicted octanol–water partition coefficient (Wildman–Crippen LogP) is 10.2. The summed E-state index contributed by atoms with van der Waals surface area (Å²) in [5.74, 6) is 0.380. The Kier molecular flexibility index (Phi) is 11.9. The van der Waals surface area contributed by atoms with Crippen molar-refractivity contribution < 1.29 is 14.2 Å². The van der Waals surface area contributed by atoms with Crippen LogP contribution in [0.1, 0.15) is 79.4 Å². The van der Waals surface area contributed by atoms with Gasteiger partial charge in [-0.3, -0.25) is 9.59 Å². The number of hydrogen-bond acceptors (Lipinski definition) is 3. The summed E-state index contributed by atoms with van der Waals surface area (Å²) in [6.07, 6.45) is 15.8. The third-order valence-corrected chi connectivity index (χ3v) is 11.8. The van der Waals surface area contributed by atoms with Crippen LogP contribution in [0.3, 0.4) is 0 Å². The second-order valence-corrected chi connectivity index (χ2v) is 15.6. The van der Waals surface area contributed by atoms with E-state index < -0.39 is 0 Å². The van der Waals surface area contributed by atoms with E-state index in [-0.39, 0.29) is 22.6 Å². The molecule has 0 saturated carbocycles. The molecule has 0 aromatic heterocycles. The van der Waals surface area contributed by atoms with Crippen LogP contribution in [0.5, 0.6) is 0 Å². The number of rotatable bonds is 14. The lowest BCUT2D eigenvalue weighted by Crippen LogP contribution is -2.34. The Bertz CT molecular complexity index is 2230. The van der Waals surface area contributed by atoms with Gasteiger partial charge >= 0.3 is 0 Å². The van der Waals surface area contributed by atoms with Gasteiger partial charge < -0.3 is 14.7 Å². The van der Waals surface area contributed by atoms with Gasteiger partial charge in [-0.25, -0.2) is 0 Å². The van der Waals surface area contributed by atoms with Crippen LogP contribution in [0.4, 0.5) is 11.4 Å². The SMILES string of the molecule is CCN(CC)C(=O)CCN1/C(=C/C=C/C=C/C=C/C2=[N+](CCC(=O)N(CC)CC)c3ccc4ccccc4c3C2(C)C)C(C)(C)c2c1ccc1ccccc21. The Morgan fingerprint density at radius 3 is 1.82 bits per heavy atom. The molecule has 0 N–H and O–H groups in total. The summed E-state index contributed by atoms with van der Waals surface area (Å²) >= 11 is 0. The zero-order valence-corrected chi connectivity index (χ0v) is 34.2. The average Bonchev–Trinajstić information content (AvgIpc) is 3.54. The highest BCUT2D eigenvalue weighted by Crippen LogP contribution is 2.51. The fraction of sp³-hybridized carbons (Fsp3) is 0.367. The average molecular weight is 736 g/mol. The van der Waals surface area contributed by atoms with Gasteiger partial charge in [-0.1, -0.05) is 98.8 Å². The normalized spacial score (nSPS) is 16.7. The summed E-state index contributed by atoms with van der Waals surface area (Å²) in [4.78, 5) is 32.5. The van der Waals surface area contributed by atoms with Crippen molar-refractivity contribution in [1.29, 1.82) is 0 Å². The first-order chi connectivity index (χ1) is 26.5. The number of carbonyl (C=O) groups excluding carboxylic acids is 2. The van der Waals surface area contributed by atoms with E-state index in [0.29, 0.717) is 25.9 Å². The number of nitrogens with zero attached hydrogens (tertiary/aromatic N) is 4. The van der Waals surface area contributed by atoms with E-state index >= 15 is 0 Å². The van der Waals surface area contributed by atoms with Crippen LogP contribution >= 0.6 is 0 Å². The summed E-state index contributed by atoms with van der Waals surface area (Å²) in [7, 11) is 0. The van der Waals surface area contributed by atoms with Crippen molar-refractivity contribution in [3.63, 3.8) is 0 Å². The molecule has 2 heterocycles.